The Kier molecular flexibility index (Phi) is 7.17. The van der Waals surface area contributed by atoms with E-state index in [9.17, 15) is 9.59 Å². The van der Waals surface area contributed by atoms with E-state index in [-0.39, 0.29) is 56.0 Å². The summed E-state index contributed by atoms with van der Waals surface area (Å²) in [5, 5.41) is 3.02. The predicted octanol–water partition coefficient (Wildman–Crippen LogP) is -0.0512. The zero-order chi connectivity index (χ0) is 19.8. The van der Waals surface area contributed by atoms with Crippen molar-refractivity contribution >= 4 is 34.9 Å². The van der Waals surface area contributed by atoms with Crippen LogP contribution in [0.3, 0.4) is 0 Å². The quantitative estimate of drug-likeness (QED) is 0.501. The predicted molar refractivity (Wildman–Crippen MR) is 97.1 cm³/mol. The van der Waals surface area contributed by atoms with Crippen LogP contribution in [0.1, 0.15) is 32.4 Å². The second kappa shape index (κ2) is 9.57. The average Bonchev–Trinajstić information content (AvgIpc) is 2.62. The van der Waals surface area contributed by atoms with Gasteiger partial charge in [-0.3, -0.25) is 14.9 Å². The van der Waals surface area contributed by atoms with Crippen molar-refractivity contribution in [1.82, 2.24) is 25.3 Å². The molecule has 27 heavy (non-hydrogen) atoms. The molecular weight excluding hydrogens is 354 g/mol. The number of hydrogen-bond acceptors (Lipinski definition) is 11. The summed E-state index contributed by atoms with van der Waals surface area (Å²) in [6.45, 7) is 4.17. The van der Waals surface area contributed by atoms with Crippen LogP contribution in [0.5, 0.6) is 0 Å². The van der Waals surface area contributed by atoms with E-state index in [4.69, 9.17) is 20.9 Å². The monoisotopic (exact) mass is 377 g/mol. The second-order valence-corrected chi connectivity index (χ2v) is 5.53. The molecule has 0 fully saturated rings. The van der Waals surface area contributed by atoms with Crippen LogP contribution in [0.2, 0.25) is 0 Å². The Morgan fingerprint density at radius 3 is 2.59 bits per heavy atom. The molecule has 0 aromatic carbocycles. The van der Waals surface area contributed by atoms with E-state index in [1.165, 1.54) is 6.20 Å². The van der Waals surface area contributed by atoms with E-state index in [1.807, 2.05) is 0 Å². The van der Waals surface area contributed by atoms with Gasteiger partial charge in [0.15, 0.2) is 17.0 Å². The molecule has 0 spiro atoms. The Morgan fingerprint density at radius 1 is 1.15 bits per heavy atom. The number of carbonyl (C=O) groups is 2. The third-order valence-corrected chi connectivity index (χ3v) is 3.54. The summed E-state index contributed by atoms with van der Waals surface area (Å²) >= 11 is 0. The summed E-state index contributed by atoms with van der Waals surface area (Å²) in [5.41, 5.74) is 12.5. The highest BCUT2D eigenvalue weighted by atomic mass is 16.5. The maximum Gasteiger partial charge on any atom is 0.323 e. The van der Waals surface area contributed by atoms with Crippen LogP contribution in [0.25, 0.3) is 11.2 Å². The minimum Gasteiger partial charge on any atom is -0.466 e. The molecule has 11 heteroatoms. The lowest BCUT2D eigenvalue weighted by Gasteiger charge is -2.16. The van der Waals surface area contributed by atoms with E-state index in [0.717, 1.165) is 0 Å². The minimum atomic E-state index is -0.688. The molecule has 2 heterocycles. The Balaban J connectivity index is 2.07. The molecule has 0 aliphatic heterocycles. The van der Waals surface area contributed by atoms with Crippen molar-refractivity contribution in [2.45, 2.75) is 39.3 Å². The average molecular weight is 377 g/mol. The molecule has 2 rings (SSSR count). The Hall–Kier alpha value is -3.08. The number of ether oxygens (including phenoxy) is 2. The first-order valence-corrected chi connectivity index (χ1v) is 8.54. The molecule has 0 saturated heterocycles. The summed E-state index contributed by atoms with van der Waals surface area (Å²) in [6.07, 6.45) is 1.82. The van der Waals surface area contributed by atoms with Crippen LogP contribution in [0.15, 0.2) is 6.20 Å². The largest absolute Gasteiger partial charge is 0.466 e. The highest BCUT2D eigenvalue weighted by Gasteiger charge is 2.21. The summed E-state index contributed by atoms with van der Waals surface area (Å²) < 4.78 is 9.93. The van der Waals surface area contributed by atoms with Crippen molar-refractivity contribution in [2.75, 3.05) is 24.7 Å². The van der Waals surface area contributed by atoms with Gasteiger partial charge < -0.3 is 20.9 Å². The fourth-order valence-electron chi connectivity index (χ4n) is 2.34. The van der Waals surface area contributed by atoms with Gasteiger partial charge in [0.2, 0.25) is 5.95 Å². The molecule has 2 aromatic rings. The highest BCUT2D eigenvalue weighted by Crippen LogP contribution is 2.14. The van der Waals surface area contributed by atoms with Crippen LogP contribution in [-0.4, -0.2) is 51.1 Å². The number of rotatable bonds is 9. The van der Waals surface area contributed by atoms with E-state index < -0.39 is 12.0 Å². The zero-order valence-electron chi connectivity index (χ0n) is 15.3. The SMILES string of the molecule is CCOC(=O)CC[C@H](NCc1cnc2nc(N)nc(N)c2n1)C(=O)OCC. The van der Waals surface area contributed by atoms with Gasteiger partial charge in [0.05, 0.1) is 25.1 Å². The fourth-order valence-corrected chi connectivity index (χ4v) is 2.34. The van der Waals surface area contributed by atoms with Gasteiger partial charge in [0, 0.05) is 13.0 Å². The Morgan fingerprint density at radius 2 is 1.89 bits per heavy atom. The maximum atomic E-state index is 12.1. The van der Waals surface area contributed by atoms with Crippen molar-refractivity contribution in [1.29, 1.82) is 0 Å². The van der Waals surface area contributed by atoms with Crippen LogP contribution >= 0.6 is 0 Å². The highest BCUT2D eigenvalue weighted by molar-refractivity contribution is 5.81. The molecule has 146 valence electrons. The number of esters is 2. The lowest BCUT2D eigenvalue weighted by Crippen LogP contribution is -2.38. The number of nitrogens with two attached hydrogens (primary N) is 2. The standard InChI is InChI=1S/C16H23N7O4/c1-3-26-11(24)6-5-10(15(25)27-4-2)19-7-9-8-20-14-12(21-9)13(17)22-16(18)23-14/h8,10,19H,3-7H2,1-2H3,(H4,17,18,20,22,23)/t10-/m0/s1. The van der Waals surface area contributed by atoms with E-state index >= 15 is 0 Å². The molecule has 0 bridgehead atoms. The van der Waals surface area contributed by atoms with E-state index in [1.54, 1.807) is 13.8 Å². The summed E-state index contributed by atoms with van der Waals surface area (Å²) in [4.78, 5) is 40.0. The van der Waals surface area contributed by atoms with Crippen molar-refractivity contribution in [2.24, 2.45) is 0 Å². The molecular formula is C16H23N7O4. The zero-order valence-corrected chi connectivity index (χ0v) is 15.3. The summed E-state index contributed by atoms with van der Waals surface area (Å²) in [6, 6.07) is -0.688. The molecule has 0 saturated carbocycles. The molecule has 11 nitrogen and oxygen atoms in total. The molecule has 0 aliphatic carbocycles. The number of aromatic nitrogens is 4. The number of nitrogens with one attached hydrogen (secondary N) is 1. The minimum absolute atomic E-state index is 0.0153. The molecule has 2 aromatic heterocycles. The van der Waals surface area contributed by atoms with Crippen molar-refractivity contribution in [3.63, 3.8) is 0 Å². The molecule has 5 N–H and O–H groups in total. The van der Waals surface area contributed by atoms with Crippen LogP contribution in [-0.2, 0) is 25.6 Å². The van der Waals surface area contributed by atoms with Crippen molar-refractivity contribution in [3.05, 3.63) is 11.9 Å². The van der Waals surface area contributed by atoms with E-state index in [2.05, 4.69) is 25.3 Å². The Labute approximate surface area is 155 Å². The van der Waals surface area contributed by atoms with Gasteiger partial charge in [0.1, 0.15) is 6.04 Å². The first-order chi connectivity index (χ1) is 12.9. The van der Waals surface area contributed by atoms with Gasteiger partial charge in [0.25, 0.3) is 0 Å². The first kappa shape index (κ1) is 20.2. The lowest BCUT2D eigenvalue weighted by molar-refractivity contribution is -0.147. The van der Waals surface area contributed by atoms with Crippen molar-refractivity contribution < 1.29 is 19.1 Å². The van der Waals surface area contributed by atoms with Gasteiger partial charge in [-0.25, -0.2) is 9.97 Å². The molecule has 1 atom stereocenters. The molecule has 0 aliphatic rings. The van der Waals surface area contributed by atoms with Crippen LogP contribution in [0, 0.1) is 0 Å². The lowest BCUT2D eigenvalue weighted by atomic mass is 10.1. The van der Waals surface area contributed by atoms with E-state index in [0.29, 0.717) is 11.2 Å². The summed E-state index contributed by atoms with van der Waals surface area (Å²) in [5.74, 6) is -0.689. The second-order valence-electron chi connectivity index (χ2n) is 5.53. The number of hydrogen-bond donors (Lipinski definition) is 3. The number of nitrogens with zero attached hydrogens (tertiary/aromatic N) is 4. The third-order valence-electron chi connectivity index (χ3n) is 3.54. The number of nitrogen functional groups attached to an aromatic ring is 2. The van der Waals surface area contributed by atoms with Gasteiger partial charge in [-0.2, -0.15) is 9.97 Å². The molecule has 0 amide bonds. The summed E-state index contributed by atoms with van der Waals surface area (Å²) in [7, 11) is 0. The number of fused-ring (bicyclic) bond motifs is 1. The normalized spacial score (nSPS) is 11.9. The van der Waals surface area contributed by atoms with Crippen LogP contribution < -0.4 is 16.8 Å². The first-order valence-electron chi connectivity index (χ1n) is 8.54. The number of anilines is 2. The van der Waals surface area contributed by atoms with Gasteiger partial charge in [-0.1, -0.05) is 0 Å². The van der Waals surface area contributed by atoms with Gasteiger partial charge >= 0.3 is 11.9 Å². The smallest absolute Gasteiger partial charge is 0.323 e. The number of carbonyl (C=O) groups excluding carboxylic acids is 2. The van der Waals surface area contributed by atoms with Crippen LogP contribution in [0.4, 0.5) is 11.8 Å². The maximum absolute atomic E-state index is 12.1. The topological polar surface area (TPSA) is 168 Å². The van der Waals surface area contributed by atoms with Gasteiger partial charge in [-0.15, -0.1) is 0 Å². The molecule has 0 radical (unpaired) electrons. The fraction of sp³-hybridized carbons (Fsp3) is 0.500. The van der Waals surface area contributed by atoms with Gasteiger partial charge in [-0.05, 0) is 20.3 Å². The molecule has 0 unspecified atom stereocenters. The van der Waals surface area contributed by atoms with Crippen molar-refractivity contribution in [3.8, 4) is 0 Å². The Bertz CT molecular complexity index is 815. The third kappa shape index (κ3) is 5.71.